The lowest BCUT2D eigenvalue weighted by molar-refractivity contribution is 0.00981. The molecule has 2 heterocycles. The second-order valence-electron chi connectivity index (χ2n) is 4.59. The zero-order chi connectivity index (χ0) is 14.1. The molecule has 1 aromatic carbocycles. The lowest BCUT2D eigenvalue weighted by Gasteiger charge is -2.23. The van der Waals surface area contributed by atoms with Gasteiger partial charge in [0.25, 0.3) is 0 Å². The summed E-state index contributed by atoms with van der Waals surface area (Å²) in [5.74, 6) is 0. The highest BCUT2D eigenvalue weighted by Gasteiger charge is 2.22. The Labute approximate surface area is 121 Å². The standard InChI is InChI=1S/C15H11ClN2O2/c16-14-3-9(1-2-10(14)4-17)11-5-18-6-12-13(11)7-20-8-15(12)19/h1-3,5-6,15,19H,7-8H2. The van der Waals surface area contributed by atoms with Gasteiger partial charge in [0.05, 0.1) is 23.8 Å². The molecule has 0 aliphatic carbocycles. The van der Waals surface area contributed by atoms with Crippen molar-refractivity contribution in [3.05, 3.63) is 52.3 Å². The highest BCUT2D eigenvalue weighted by atomic mass is 35.5. The largest absolute Gasteiger partial charge is 0.386 e. The number of hydrogen-bond acceptors (Lipinski definition) is 4. The van der Waals surface area contributed by atoms with Gasteiger partial charge in [-0.05, 0) is 23.3 Å². The Hall–Kier alpha value is -1.93. The van der Waals surface area contributed by atoms with Gasteiger partial charge in [-0.3, -0.25) is 4.98 Å². The first kappa shape index (κ1) is 13.1. The van der Waals surface area contributed by atoms with Gasteiger partial charge in [0.2, 0.25) is 0 Å². The van der Waals surface area contributed by atoms with E-state index in [4.69, 9.17) is 21.6 Å². The van der Waals surface area contributed by atoms with Gasteiger partial charge in [-0.15, -0.1) is 0 Å². The van der Waals surface area contributed by atoms with Gasteiger partial charge < -0.3 is 9.84 Å². The predicted molar refractivity (Wildman–Crippen MR) is 74.0 cm³/mol. The molecule has 0 saturated heterocycles. The summed E-state index contributed by atoms with van der Waals surface area (Å²) in [6.07, 6.45) is 2.73. The molecule has 3 rings (SSSR count). The maximum atomic E-state index is 9.94. The average Bonchev–Trinajstić information content (AvgIpc) is 2.47. The molecule has 1 atom stereocenters. The van der Waals surface area contributed by atoms with Crippen molar-refractivity contribution in [2.45, 2.75) is 12.7 Å². The summed E-state index contributed by atoms with van der Waals surface area (Å²) < 4.78 is 5.38. The van der Waals surface area contributed by atoms with Gasteiger partial charge in [0, 0.05) is 23.5 Å². The van der Waals surface area contributed by atoms with Crippen LogP contribution in [0.5, 0.6) is 0 Å². The van der Waals surface area contributed by atoms with Crippen molar-refractivity contribution in [2.75, 3.05) is 6.61 Å². The van der Waals surface area contributed by atoms with E-state index in [0.717, 1.165) is 22.3 Å². The van der Waals surface area contributed by atoms with E-state index in [1.54, 1.807) is 24.5 Å². The molecule has 0 saturated carbocycles. The lowest BCUT2D eigenvalue weighted by atomic mass is 9.94. The number of nitriles is 1. The fourth-order valence-corrected chi connectivity index (χ4v) is 2.56. The Morgan fingerprint density at radius 3 is 3.00 bits per heavy atom. The topological polar surface area (TPSA) is 66.1 Å². The van der Waals surface area contributed by atoms with Crippen LogP contribution in [-0.4, -0.2) is 16.7 Å². The first-order valence-electron chi connectivity index (χ1n) is 6.13. The Bertz CT molecular complexity index is 710. The molecule has 0 bridgehead atoms. The van der Waals surface area contributed by atoms with Crippen LogP contribution >= 0.6 is 11.6 Å². The number of aliphatic hydroxyl groups excluding tert-OH is 1. The quantitative estimate of drug-likeness (QED) is 0.875. The van der Waals surface area contributed by atoms with Crippen LogP contribution in [0.4, 0.5) is 0 Å². The molecule has 1 unspecified atom stereocenters. The van der Waals surface area contributed by atoms with Gasteiger partial charge in [-0.1, -0.05) is 17.7 Å². The van der Waals surface area contributed by atoms with E-state index in [1.807, 2.05) is 12.1 Å². The molecule has 0 fully saturated rings. The van der Waals surface area contributed by atoms with Crippen molar-refractivity contribution in [1.29, 1.82) is 5.26 Å². The lowest BCUT2D eigenvalue weighted by Crippen LogP contribution is -2.17. The smallest absolute Gasteiger partial charge is 0.104 e. The van der Waals surface area contributed by atoms with Crippen LogP contribution < -0.4 is 0 Å². The maximum Gasteiger partial charge on any atom is 0.104 e. The minimum Gasteiger partial charge on any atom is -0.386 e. The van der Waals surface area contributed by atoms with Gasteiger partial charge in [-0.2, -0.15) is 5.26 Å². The summed E-state index contributed by atoms with van der Waals surface area (Å²) in [6.45, 7) is 0.716. The zero-order valence-corrected chi connectivity index (χ0v) is 11.3. The Kier molecular flexibility index (Phi) is 3.41. The van der Waals surface area contributed by atoms with Crippen molar-refractivity contribution in [3.8, 4) is 17.2 Å². The van der Waals surface area contributed by atoms with E-state index in [9.17, 15) is 5.11 Å². The highest BCUT2D eigenvalue weighted by Crippen LogP contribution is 2.33. The Morgan fingerprint density at radius 2 is 2.25 bits per heavy atom. The van der Waals surface area contributed by atoms with Gasteiger partial charge in [-0.25, -0.2) is 0 Å². The molecule has 0 amide bonds. The van der Waals surface area contributed by atoms with E-state index in [-0.39, 0.29) is 6.61 Å². The average molecular weight is 287 g/mol. The Balaban J connectivity index is 2.14. The summed E-state index contributed by atoms with van der Waals surface area (Å²) in [7, 11) is 0. The summed E-state index contributed by atoms with van der Waals surface area (Å²) >= 11 is 6.07. The maximum absolute atomic E-state index is 9.94. The summed E-state index contributed by atoms with van der Waals surface area (Å²) in [5.41, 5.74) is 3.86. The number of halogens is 1. The molecule has 1 aliphatic heterocycles. The first-order chi connectivity index (χ1) is 9.70. The number of pyridine rings is 1. The third kappa shape index (κ3) is 2.16. The zero-order valence-electron chi connectivity index (χ0n) is 10.5. The summed E-state index contributed by atoms with van der Waals surface area (Å²) in [5, 5.41) is 19.2. The number of aromatic nitrogens is 1. The van der Waals surface area contributed by atoms with E-state index in [2.05, 4.69) is 4.98 Å². The van der Waals surface area contributed by atoms with Gasteiger partial charge >= 0.3 is 0 Å². The van der Waals surface area contributed by atoms with Crippen molar-refractivity contribution < 1.29 is 9.84 Å². The fraction of sp³-hybridized carbons (Fsp3) is 0.200. The summed E-state index contributed by atoms with van der Waals surface area (Å²) in [6, 6.07) is 7.27. The molecule has 100 valence electrons. The molecule has 2 aromatic rings. The minimum atomic E-state index is -0.653. The monoisotopic (exact) mass is 286 g/mol. The molecular formula is C15H11ClN2O2. The second-order valence-corrected chi connectivity index (χ2v) is 5.00. The molecule has 1 aromatic heterocycles. The van der Waals surface area contributed by atoms with Crippen molar-refractivity contribution in [2.24, 2.45) is 0 Å². The van der Waals surface area contributed by atoms with Crippen LogP contribution in [0.2, 0.25) is 5.02 Å². The van der Waals surface area contributed by atoms with E-state index in [1.165, 1.54) is 0 Å². The number of ether oxygens (including phenoxy) is 1. The van der Waals surface area contributed by atoms with Gasteiger partial charge in [0.1, 0.15) is 12.2 Å². The van der Waals surface area contributed by atoms with Crippen LogP contribution in [0.3, 0.4) is 0 Å². The fourth-order valence-electron chi connectivity index (χ4n) is 2.34. The van der Waals surface area contributed by atoms with Crippen molar-refractivity contribution in [3.63, 3.8) is 0 Å². The van der Waals surface area contributed by atoms with Crippen molar-refractivity contribution in [1.82, 2.24) is 4.98 Å². The molecule has 0 radical (unpaired) electrons. The molecule has 5 heteroatoms. The normalized spacial score (nSPS) is 17.4. The van der Waals surface area contributed by atoms with Crippen LogP contribution in [0.15, 0.2) is 30.6 Å². The molecule has 20 heavy (non-hydrogen) atoms. The number of hydrogen-bond donors (Lipinski definition) is 1. The van der Waals surface area contributed by atoms with E-state index < -0.39 is 6.10 Å². The highest BCUT2D eigenvalue weighted by molar-refractivity contribution is 6.32. The van der Waals surface area contributed by atoms with E-state index in [0.29, 0.717) is 17.2 Å². The predicted octanol–water partition coefficient (Wildman–Crippen LogP) is 2.84. The third-order valence-corrected chi connectivity index (χ3v) is 3.69. The second kappa shape index (κ2) is 5.22. The summed E-state index contributed by atoms with van der Waals surface area (Å²) in [4.78, 5) is 4.17. The number of rotatable bonds is 1. The number of aliphatic hydroxyl groups is 1. The van der Waals surface area contributed by atoms with Gasteiger partial charge in [0.15, 0.2) is 0 Å². The van der Waals surface area contributed by atoms with Crippen LogP contribution in [-0.2, 0) is 11.3 Å². The third-order valence-electron chi connectivity index (χ3n) is 3.37. The number of nitrogens with zero attached hydrogens (tertiary/aromatic N) is 2. The Morgan fingerprint density at radius 1 is 1.40 bits per heavy atom. The molecule has 1 aliphatic rings. The SMILES string of the molecule is N#Cc1ccc(-c2cncc3c2COCC3O)cc1Cl. The van der Waals surface area contributed by atoms with Crippen LogP contribution in [0.1, 0.15) is 22.8 Å². The molecule has 1 N–H and O–H groups in total. The van der Waals surface area contributed by atoms with Crippen molar-refractivity contribution >= 4 is 11.6 Å². The van der Waals surface area contributed by atoms with E-state index >= 15 is 0 Å². The minimum absolute atomic E-state index is 0.284. The molecular weight excluding hydrogens is 276 g/mol. The number of benzene rings is 1. The molecule has 0 spiro atoms. The molecule has 4 nitrogen and oxygen atoms in total. The van der Waals surface area contributed by atoms with Crippen LogP contribution in [0, 0.1) is 11.3 Å². The van der Waals surface area contributed by atoms with Crippen LogP contribution in [0.25, 0.3) is 11.1 Å². The first-order valence-corrected chi connectivity index (χ1v) is 6.51. The number of fused-ring (bicyclic) bond motifs is 1.